The molecular formula is C20H17N3O2S. The van der Waals surface area contributed by atoms with Crippen molar-refractivity contribution in [2.45, 2.75) is 11.4 Å². The van der Waals surface area contributed by atoms with Gasteiger partial charge in [-0.05, 0) is 28.5 Å². The maximum absolute atomic E-state index is 12.4. The summed E-state index contributed by atoms with van der Waals surface area (Å²) in [5.74, 6) is 0. The summed E-state index contributed by atoms with van der Waals surface area (Å²) >= 11 is 0. The van der Waals surface area contributed by atoms with Gasteiger partial charge in [0.15, 0.2) is 0 Å². The van der Waals surface area contributed by atoms with Gasteiger partial charge in [-0.2, -0.15) is 5.10 Å². The first kappa shape index (κ1) is 16.4. The van der Waals surface area contributed by atoms with Crippen LogP contribution in [-0.2, 0) is 16.6 Å². The standard InChI is InChI=1S/C20H17N3O2S/c24-26(25,19-10-2-1-3-11-19)22-18-13-21-23(15-18)14-17-9-6-8-16-7-4-5-12-20(16)17/h1-13,15,22H,14H2. The molecule has 26 heavy (non-hydrogen) atoms. The van der Waals surface area contributed by atoms with Crippen LogP contribution < -0.4 is 4.72 Å². The van der Waals surface area contributed by atoms with Crippen molar-refractivity contribution in [1.29, 1.82) is 0 Å². The number of fused-ring (bicyclic) bond motifs is 1. The quantitative estimate of drug-likeness (QED) is 0.585. The average molecular weight is 363 g/mol. The number of aromatic nitrogens is 2. The van der Waals surface area contributed by atoms with E-state index in [1.807, 2.05) is 18.2 Å². The van der Waals surface area contributed by atoms with Crippen molar-refractivity contribution < 1.29 is 8.42 Å². The molecule has 130 valence electrons. The molecule has 0 unspecified atom stereocenters. The minimum absolute atomic E-state index is 0.224. The van der Waals surface area contributed by atoms with Gasteiger partial charge < -0.3 is 0 Å². The number of hydrogen-bond acceptors (Lipinski definition) is 3. The van der Waals surface area contributed by atoms with E-state index in [4.69, 9.17) is 0 Å². The lowest BCUT2D eigenvalue weighted by Crippen LogP contribution is -2.12. The van der Waals surface area contributed by atoms with Crippen molar-refractivity contribution >= 4 is 26.5 Å². The van der Waals surface area contributed by atoms with Crippen molar-refractivity contribution in [3.63, 3.8) is 0 Å². The molecule has 0 saturated carbocycles. The third-order valence-electron chi connectivity index (χ3n) is 4.15. The van der Waals surface area contributed by atoms with Crippen LogP contribution in [0.3, 0.4) is 0 Å². The molecule has 0 saturated heterocycles. The summed E-state index contributed by atoms with van der Waals surface area (Å²) < 4.78 is 29.1. The Morgan fingerprint density at radius 1 is 0.885 bits per heavy atom. The maximum Gasteiger partial charge on any atom is 0.261 e. The molecule has 6 heteroatoms. The second-order valence-corrected chi connectivity index (χ2v) is 7.67. The first-order valence-electron chi connectivity index (χ1n) is 8.19. The van der Waals surface area contributed by atoms with Crippen molar-refractivity contribution in [3.05, 3.63) is 90.8 Å². The lowest BCUT2D eigenvalue weighted by molar-refractivity contribution is 0.601. The van der Waals surface area contributed by atoms with Crippen LogP contribution in [0.1, 0.15) is 5.56 Å². The zero-order chi connectivity index (χ0) is 18.0. The molecule has 1 N–H and O–H groups in total. The number of sulfonamides is 1. The van der Waals surface area contributed by atoms with E-state index < -0.39 is 10.0 Å². The molecule has 0 aliphatic rings. The van der Waals surface area contributed by atoms with E-state index in [1.165, 1.54) is 11.6 Å². The summed E-state index contributed by atoms with van der Waals surface area (Å²) in [5, 5.41) is 6.62. The van der Waals surface area contributed by atoms with Crippen LogP contribution in [0.4, 0.5) is 5.69 Å². The van der Waals surface area contributed by atoms with E-state index in [-0.39, 0.29) is 4.90 Å². The molecule has 4 rings (SSSR count). The van der Waals surface area contributed by atoms with E-state index in [0.29, 0.717) is 12.2 Å². The topological polar surface area (TPSA) is 64.0 Å². The number of nitrogens with zero attached hydrogens (tertiary/aromatic N) is 2. The van der Waals surface area contributed by atoms with Gasteiger partial charge in [0.2, 0.25) is 0 Å². The molecule has 0 amide bonds. The van der Waals surface area contributed by atoms with Gasteiger partial charge in [-0.25, -0.2) is 8.42 Å². The molecule has 0 spiro atoms. The zero-order valence-electron chi connectivity index (χ0n) is 13.9. The number of anilines is 1. The Morgan fingerprint density at radius 2 is 1.62 bits per heavy atom. The number of nitrogens with one attached hydrogen (secondary N) is 1. The van der Waals surface area contributed by atoms with Crippen LogP contribution in [0, 0.1) is 0 Å². The van der Waals surface area contributed by atoms with Crippen LogP contribution in [0.15, 0.2) is 90.1 Å². The van der Waals surface area contributed by atoms with Crippen LogP contribution in [0.5, 0.6) is 0 Å². The van der Waals surface area contributed by atoms with Crippen molar-refractivity contribution in [2.75, 3.05) is 4.72 Å². The van der Waals surface area contributed by atoms with E-state index >= 15 is 0 Å². The fourth-order valence-electron chi connectivity index (χ4n) is 2.92. The predicted molar refractivity (Wildman–Crippen MR) is 103 cm³/mol. The highest BCUT2D eigenvalue weighted by atomic mass is 32.2. The van der Waals surface area contributed by atoms with Crippen molar-refractivity contribution in [1.82, 2.24) is 9.78 Å². The lowest BCUT2D eigenvalue weighted by atomic mass is 10.0. The van der Waals surface area contributed by atoms with Crippen LogP contribution in [0.2, 0.25) is 0 Å². The molecule has 0 fully saturated rings. The van der Waals surface area contributed by atoms with Gasteiger partial charge >= 0.3 is 0 Å². The van der Waals surface area contributed by atoms with Crippen molar-refractivity contribution in [2.24, 2.45) is 0 Å². The molecule has 5 nitrogen and oxygen atoms in total. The normalized spacial score (nSPS) is 11.5. The first-order chi connectivity index (χ1) is 12.6. The van der Waals surface area contributed by atoms with Gasteiger partial charge in [0.1, 0.15) is 0 Å². The molecule has 0 radical (unpaired) electrons. The van der Waals surface area contributed by atoms with Gasteiger partial charge in [-0.15, -0.1) is 0 Å². The van der Waals surface area contributed by atoms with Gasteiger partial charge in [0.05, 0.1) is 23.3 Å². The Bertz CT molecular complexity index is 1150. The monoisotopic (exact) mass is 363 g/mol. The Hall–Kier alpha value is -3.12. The number of rotatable bonds is 5. The summed E-state index contributed by atoms with van der Waals surface area (Å²) in [5.41, 5.74) is 1.57. The minimum atomic E-state index is -3.61. The lowest BCUT2D eigenvalue weighted by Gasteiger charge is -2.07. The molecule has 0 atom stereocenters. The second kappa shape index (κ2) is 6.65. The molecule has 1 heterocycles. The highest BCUT2D eigenvalue weighted by Crippen LogP contribution is 2.20. The third-order valence-corrected chi connectivity index (χ3v) is 5.55. The number of hydrogen-bond donors (Lipinski definition) is 1. The molecule has 0 bridgehead atoms. The largest absolute Gasteiger partial charge is 0.276 e. The van der Waals surface area contributed by atoms with Gasteiger partial charge in [0, 0.05) is 6.20 Å². The molecule has 1 aromatic heterocycles. The fraction of sp³-hybridized carbons (Fsp3) is 0.0500. The summed E-state index contributed by atoms with van der Waals surface area (Å²) in [6.45, 7) is 0.564. The fourth-order valence-corrected chi connectivity index (χ4v) is 3.97. The predicted octanol–water partition coefficient (Wildman–Crippen LogP) is 3.89. The number of benzene rings is 3. The third kappa shape index (κ3) is 3.32. The Morgan fingerprint density at radius 3 is 2.46 bits per heavy atom. The first-order valence-corrected chi connectivity index (χ1v) is 9.67. The summed E-state index contributed by atoms with van der Waals surface area (Å²) in [6, 6.07) is 22.6. The highest BCUT2D eigenvalue weighted by molar-refractivity contribution is 7.92. The molecular weight excluding hydrogens is 346 g/mol. The van der Waals surface area contributed by atoms with Crippen LogP contribution in [0.25, 0.3) is 10.8 Å². The molecule has 0 aliphatic carbocycles. The van der Waals surface area contributed by atoms with E-state index in [1.54, 1.807) is 41.2 Å². The SMILES string of the molecule is O=S(=O)(Nc1cnn(Cc2cccc3ccccc23)c1)c1ccccc1. The van der Waals surface area contributed by atoms with E-state index in [0.717, 1.165) is 10.9 Å². The molecule has 4 aromatic rings. The highest BCUT2D eigenvalue weighted by Gasteiger charge is 2.14. The smallest absolute Gasteiger partial charge is 0.261 e. The van der Waals surface area contributed by atoms with Crippen LogP contribution >= 0.6 is 0 Å². The van der Waals surface area contributed by atoms with Gasteiger partial charge in [-0.1, -0.05) is 60.7 Å². The van der Waals surface area contributed by atoms with Crippen molar-refractivity contribution in [3.8, 4) is 0 Å². The summed E-state index contributed by atoms with van der Waals surface area (Å²) in [4.78, 5) is 0.224. The Balaban J connectivity index is 1.57. The second-order valence-electron chi connectivity index (χ2n) is 5.98. The zero-order valence-corrected chi connectivity index (χ0v) is 14.7. The minimum Gasteiger partial charge on any atom is -0.276 e. The Kier molecular flexibility index (Phi) is 4.18. The Labute approximate surface area is 152 Å². The maximum atomic E-state index is 12.4. The van der Waals surface area contributed by atoms with Gasteiger partial charge in [-0.3, -0.25) is 9.40 Å². The summed E-state index contributed by atoms with van der Waals surface area (Å²) in [7, 11) is -3.61. The van der Waals surface area contributed by atoms with E-state index in [9.17, 15) is 8.42 Å². The molecule has 0 aliphatic heterocycles. The van der Waals surface area contributed by atoms with Crippen LogP contribution in [-0.4, -0.2) is 18.2 Å². The molecule has 3 aromatic carbocycles. The van der Waals surface area contributed by atoms with Gasteiger partial charge in [0.25, 0.3) is 10.0 Å². The average Bonchev–Trinajstić information content (AvgIpc) is 3.09. The van der Waals surface area contributed by atoms with E-state index in [2.05, 4.69) is 34.1 Å². The summed E-state index contributed by atoms with van der Waals surface area (Å²) in [6.07, 6.45) is 3.22.